The maximum Gasteiger partial charge on any atom is 0.191 e. The van der Waals surface area contributed by atoms with Gasteiger partial charge < -0.3 is 10.6 Å². The van der Waals surface area contributed by atoms with E-state index in [1.165, 1.54) is 37.9 Å². The molecular formula is C18H30FIN4. The minimum Gasteiger partial charge on any atom is -0.356 e. The Bertz CT molecular complexity index is 492. The Kier molecular flexibility index (Phi) is 10.2. The van der Waals surface area contributed by atoms with E-state index in [1.54, 1.807) is 7.05 Å². The van der Waals surface area contributed by atoms with E-state index in [0.29, 0.717) is 6.04 Å². The number of rotatable bonds is 6. The monoisotopic (exact) mass is 448 g/mol. The van der Waals surface area contributed by atoms with Crippen LogP contribution in [0.4, 0.5) is 4.39 Å². The van der Waals surface area contributed by atoms with Crippen LogP contribution in [0.5, 0.6) is 0 Å². The van der Waals surface area contributed by atoms with E-state index < -0.39 is 0 Å². The van der Waals surface area contributed by atoms with E-state index in [0.717, 1.165) is 37.6 Å². The fourth-order valence-corrected chi connectivity index (χ4v) is 3.12. The van der Waals surface area contributed by atoms with Crippen LogP contribution in [0, 0.1) is 5.82 Å². The predicted octanol–water partition coefficient (Wildman–Crippen LogP) is 3.03. The molecule has 1 fully saturated rings. The van der Waals surface area contributed by atoms with Crippen LogP contribution in [-0.4, -0.2) is 50.1 Å². The van der Waals surface area contributed by atoms with Crippen LogP contribution < -0.4 is 10.6 Å². The van der Waals surface area contributed by atoms with Gasteiger partial charge in [-0.2, -0.15) is 0 Å². The number of piperidine rings is 1. The predicted molar refractivity (Wildman–Crippen MR) is 110 cm³/mol. The molecule has 1 heterocycles. The maximum absolute atomic E-state index is 12.9. The first kappa shape index (κ1) is 21.2. The summed E-state index contributed by atoms with van der Waals surface area (Å²) in [4.78, 5) is 6.83. The van der Waals surface area contributed by atoms with Crippen molar-refractivity contribution in [1.82, 2.24) is 15.5 Å². The summed E-state index contributed by atoms with van der Waals surface area (Å²) in [5.74, 6) is 0.654. The zero-order chi connectivity index (χ0) is 16.5. The van der Waals surface area contributed by atoms with Crippen molar-refractivity contribution in [2.24, 2.45) is 4.99 Å². The van der Waals surface area contributed by atoms with Crippen molar-refractivity contribution >= 4 is 29.9 Å². The number of hydrogen-bond acceptors (Lipinski definition) is 2. The number of likely N-dealkylation sites (N-methyl/N-ethyl adjacent to an activating group) is 1. The highest BCUT2D eigenvalue weighted by Crippen LogP contribution is 2.15. The van der Waals surface area contributed by atoms with Crippen LogP contribution in [0.15, 0.2) is 29.3 Å². The summed E-state index contributed by atoms with van der Waals surface area (Å²) in [7, 11) is 1.80. The maximum atomic E-state index is 12.9. The van der Waals surface area contributed by atoms with Crippen molar-refractivity contribution in [3.8, 4) is 0 Å². The van der Waals surface area contributed by atoms with Crippen molar-refractivity contribution in [2.45, 2.75) is 38.6 Å². The molecule has 136 valence electrons. The van der Waals surface area contributed by atoms with E-state index in [1.807, 2.05) is 12.1 Å². The van der Waals surface area contributed by atoms with Gasteiger partial charge in [0, 0.05) is 26.2 Å². The molecule has 24 heavy (non-hydrogen) atoms. The quantitative estimate of drug-likeness (QED) is 0.400. The lowest BCUT2D eigenvalue weighted by Gasteiger charge is -2.35. The van der Waals surface area contributed by atoms with Crippen LogP contribution in [0.2, 0.25) is 0 Å². The summed E-state index contributed by atoms with van der Waals surface area (Å²) in [6, 6.07) is 7.27. The lowest BCUT2D eigenvalue weighted by Crippen LogP contribution is -2.49. The van der Waals surface area contributed by atoms with Crippen LogP contribution in [-0.2, 0) is 6.42 Å². The normalized spacial score (nSPS) is 18.8. The SMILES string of the molecule is CCN1CCCCC1CNC(=NC)NCCc1ccc(F)cc1.I. The third-order valence-corrected chi connectivity index (χ3v) is 4.50. The van der Waals surface area contributed by atoms with Gasteiger partial charge in [0.1, 0.15) is 5.82 Å². The van der Waals surface area contributed by atoms with Crippen LogP contribution in [0.25, 0.3) is 0 Å². The molecule has 2 N–H and O–H groups in total. The van der Waals surface area contributed by atoms with Gasteiger partial charge in [-0.3, -0.25) is 9.89 Å². The highest BCUT2D eigenvalue weighted by molar-refractivity contribution is 14.0. The number of guanidine groups is 1. The Morgan fingerprint density at radius 3 is 2.67 bits per heavy atom. The van der Waals surface area contributed by atoms with Crippen LogP contribution in [0.1, 0.15) is 31.7 Å². The summed E-state index contributed by atoms with van der Waals surface area (Å²) < 4.78 is 12.9. The average Bonchev–Trinajstić information content (AvgIpc) is 2.59. The average molecular weight is 448 g/mol. The van der Waals surface area contributed by atoms with Crippen LogP contribution >= 0.6 is 24.0 Å². The molecule has 1 aromatic carbocycles. The molecule has 1 saturated heterocycles. The van der Waals surface area contributed by atoms with E-state index in [-0.39, 0.29) is 29.8 Å². The first-order chi connectivity index (χ1) is 11.2. The highest BCUT2D eigenvalue weighted by atomic mass is 127. The third-order valence-electron chi connectivity index (χ3n) is 4.50. The molecule has 4 nitrogen and oxygen atoms in total. The van der Waals surface area contributed by atoms with Crippen LogP contribution in [0.3, 0.4) is 0 Å². The Hall–Kier alpha value is -0.890. The Morgan fingerprint density at radius 1 is 1.25 bits per heavy atom. The molecule has 0 aromatic heterocycles. The molecule has 1 aliphatic rings. The fraction of sp³-hybridized carbons (Fsp3) is 0.611. The second-order valence-corrected chi connectivity index (χ2v) is 6.03. The van der Waals surface area contributed by atoms with Crippen molar-refractivity contribution in [2.75, 3.05) is 33.2 Å². The smallest absolute Gasteiger partial charge is 0.191 e. The van der Waals surface area contributed by atoms with Crippen molar-refractivity contribution in [3.05, 3.63) is 35.6 Å². The second-order valence-electron chi connectivity index (χ2n) is 6.03. The van der Waals surface area contributed by atoms with Crippen molar-refractivity contribution in [3.63, 3.8) is 0 Å². The van der Waals surface area contributed by atoms with Gasteiger partial charge >= 0.3 is 0 Å². The van der Waals surface area contributed by atoms with Crippen molar-refractivity contribution in [1.29, 1.82) is 0 Å². The van der Waals surface area contributed by atoms with Gasteiger partial charge in [-0.05, 0) is 50.0 Å². The lowest BCUT2D eigenvalue weighted by atomic mass is 10.0. The van der Waals surface area contributed by atoms with Gasteiger partial charge in [-0.25, -0.2) is 4.39 Å². The number of benzene rings is 1. The molecule has 0 aliphatic carbocycles. The van der Waals surface area contributed by atoms with Gasteiger partial charge in [0.2, 0.25) is 0 Å². The van der Waals surface area contributed by atoms with Gasteiger partial charge in [-0.1, -0.05) is 25.5 Å². The third kappa shape index (κ3) is 6.93. The summed E-state index contributed by atoms with van der Waals surface area (Å²) in [6.07, 6.45) is 4.74. The second kappa shape index (κ2) is 11.6. The molecule has 1 aromatic rings. The van der Waals surface area contributed by atoms with Gasteiger partial charge in [0.25, 0.3) is 0 Å². The molecule has 0 saturated carbocycles. The standard InChI is InChI=1S/C18H29FN4.HI/c1-3-23-13-5-4-6-17(23)14-22-18(20-2)21-12-11-15-7-9-16(19)10-8-15;/h7-10,17H,3-6,11-14H2,1-2H3,(H2,20,21,22);1H. The molecule has 1 atom stereocenters. The zero-order valence-electron chi connectivity index (χ0n) is 14.7. The highest BCUT2D eigenvalue weighted by Gasteiger charge is 2.20. The summed E-state index contributed by atoms with van der Waals surface area (Å²) in [5, 5.41) is 6.77. The number of aliphatic imine (C=N–C) groups is 1. The molecule has 1 aliphatic heterocycles. The van der Waals surface area contributed by atoms with E-state index in [9.17, 15) is 4.39 Å². The molecule has 2 rings (SSSR count). The topological polar surface area (TPSA) is 39.7 Å². The first-order valence-corrected chi connectivity index (χ1v) is 8.66. The zero-order valence-corrected chi connectivity index (χ0v) is 17.1. The van der Waals surface area contributed by atoms with E-state index in [2.05, 4.69) is 27.4 Å². The molecule has 0 bridgehead atoms. The van der Waals surface area contributed by atoms with Gasteiger partial charge in [-0.15, -0.1) is 24.0 Å². The number of nitrogens with zero attached hydrogens (tertiary/aromatic N) is 2. The largest absolute Gasteiger partial charge is 0.356 e. The molecule has 0 amide bonds. The minimum atomic E-state index is -0.188. The number of nitrogens with one attached hydrogen (secondary N) is 2. The molecular weight excluding hydrogens is 418 g/mol. The Morgan fingerprint density at radius 2 is 2.00 bits per heavy atom. The number of hydrogen-bond donors (Lipinski definition) is 2. The minimum absolute atomic E-state index is 0. The van der Waals surface area contributed by atoms with Gasteiger partial charge in [0.15, 0.2) is 5.96 Å². The van der Waals surface area contributed by atoms with Crippen molar-refractivity contribution < 1.29 is 4.39 Å². The fourth-order valence-electron chi connectivity index (χ4n) is 3.12. The summed E-state index contributed by atoms with van der Waals surface area (Å²) >= 11 is 0. The number of halogens is 2. The molecule has 6 heteroatoms. The molecule has 0 spiro atoms. The Labute approximate surface area is 162 Å². The van der Waals surface area contributed by atoms with E-state index in [4.69, 9.17) is 0 Å². The summed E-state index contributed by atoms with van der Waals surface area (Å²) in [5.41, 5.74) is 1.12. The molecule has 0 radical (unpaired) electrons. The van der Waals surface area contributed by atoms with Gasteiger partial charge in [0.05, 0.1) is 0 Å². The summed E-state index contributed by atoms with van der Waals surface area (Å²) in [6.45, 7) is 6.27. The first-order valence-electron chi connectivity index (χ1n) is 8.66. The van der Waals surface area contributed by atoms with E-state index >= 15 is 0 Å². The molecule has 1 unspecified atom stereocenters. The lowest BCUT2D eigenvalue weighted by molar-refractivity contribution is 0.157. The Balaban J connectivity index is 0.00000288. The number of likely N-dealkylation sites (tertiary alicyclic amines) is 1.